The second kappa shape index (κ2) is 5.51. The summed E-state index contributed by atoms with van der Waals surface area (Å²) in [7, 11) is 0. The number of aromatic nitrogens is 1. The van der Waals surface area contributed by atoms with Gasteiger partial charge < -0.3 is 14.6 Å². The Morgan fingerprint density at radius 3 is 2.75 bits per heavy atom. The molecule has 1 fully saturated rings. The lowest BCUT2D eigenvalue weighted by atomic mass is 10.0. The minimum atomic E-state index is -1.27. The molecule has 126 valence electrons. The quantitative estimate of drug-likeness (QED) is 0.904. The van der Waals surface area contributed by atoms with Crippen molar-refractivity contribution in [2.24, 2.45) is 0 Å². The fourth-order valence-corrected chi connectivity index (χ4v) is 4.68. The fourth-order valence-electron chi connectivity index (χ4n) is 3.77. The monoisotopic (exact) mass is 348 g/mol. The van der Waals surface area contributed by atoms with Gasteiger partial charge in [-0.1, -0.05) is 0 Å². The van der Waals surface area contributed by atoms with Gasteiger partial charge in [0.25, 0.3) is 0 Å². The molecule has 1 atom stereocenters. The third-order valence-electron chi connectivity index (χ3n) is 4.87. The Bertz CT molecular complexity index is 918. The number of halogens is 1. The summed E-state index contributed by atoms with van der Waals surface area (Å²) in [5, 5.41) is 9.43. The molecule has 1 aromatic heterocycles. The predicted octanol–water partition coefficient (Wildman–Crippen LogP) is 2.51. The predicted molar refractivity (Wildman–Crippen MR) is 93.1 cm³/mol. The number of carboxylic acids is 1. The number of nitrogens with zero attached hydrogens (tertiary/aromatic N) is 2. The number of rotatable bonds is 2. The number of carboxylic acid groups (broad SMARTS) is 1. The number of aromatic carboxylic acids is 1. The Hall–Kier alpha value is -2.02. The first-order valence-corrected chi connectivity index (χ1v) is 9.10. The van der Waals surface area contributed by atoms with Crippen LogP contribution in [0.5, 0.6) is 0 Å². The van der Waals surface area contributed by atoms with Gasteiger partial charge in [0, 0.05) is 47.8 Å². The van der Waals surface area contributed by atoms with Crippen LogP contribution in [0.25, 0.3) is 10.9 Å². The summed E-state index contributed by atoms with van der Waals surface area (Å²) in [5.41, 5.74) is 1.20. The first-order chi connectivity index (χ1) is 11.5. The third-order valence-corrected chi connectivity index (χ3v) is 5.81. The van der Waals surface area contributed by atoms with Crippen LogP contribution in [-0.4, -0.2) is 40.2 Å². The van der Waals surface area contributed by atoms with E-state index in [0.717, 1.165) is 30.2 Å². The van der Waals surface area contributed by atoms with Crippen molar-refractivity contribution in [2.45, 2.75) is 19.4 Å². The van der Waals surface area contributed by atoms with E-state index in [0.29, 0.717) is 17.6 Å². The molecule has 0 aliphatic carbocycles. The number of hydrogen-bond donors (Lipinski definition) is 1. The van der Waals surface area contributed by atoms with Gasteiger partial charge in [-0.05, 0) is 19.4 Å². The molecule has 2 aliphatic heterocycles. The number of pyridine rings is 1. The molecule has 1 unspecified atom stereocenters. The average Bonchev–Trinajstić information content (AvgIpc) is 2.87. The van der Waals surface area contributed by atoms with Crippen molar-refractivity contribution >= 4 is 34.3 Å². The van der Waals surface area contributed by atoms with Gasteiger partial charge in [0.1, 0.15) is 11.4 Å². The average molecular weight is 348 g/mol. The van der Waals surface area contributed by atoms with E-state index in [1.807, 2.05) is 23.3 Å². The lowest BCUT2D eigenvalue weighted by molar-refractivity contribution is 0.0694. The van der Waals surface area contributed by atoms with Crippen molar-refractivity contribution in [1.29, 1.82) is 0 Å². The highest BCUT2D eigenvalue weighted by atomic mass is 32.2. The van der Waals surface area contributed by atoms with Crippen LogP contribution in [0.3, 0.4) is 0 Å². The van der Waals surface area contributed by atoms with Crippen LogP contribution < -0.4 is 10.3 Å². The Kier molecular flexibility index (Phi) is 3.56. The number of anilines is 1. The van der Waals surface area contributed by atoms with Crippen molar-refractivity contribution in [2.75, 3.05) is 29.5 Å². The second-order valence-electron chi connectivity index (χ2n) is 6.32. The number of hydrogen-bond acceptors (Lipinski definition) is 4. The summed E-state index contributed by atoms with van der Waals surface area (Å²) in [6.45, 7) is 3.53. The van der Waals surface area contributed by atoms with E-state index in [2.05, 4.69) is 4.90 Å². The SMILES string of the molecule is CC1Cc2c(N3CCSCC3)c(F)cc3c(=O)c(C(=O)O)cn1c23. The van der Waals surface area contributed by atoms with E-state index >= 15 is 0 Å². The van der Waals surface area contributed by atoms with Gasteiger partial charge in [-0.3, -0.25) is 4.79 Å². The van der Waals surface area contributed by atoms with Crippen molar-refractivity contribution in [3.8, 4) is 0 Å². The van der Waals surface area contributed by atoms with E-state index in [4.69, 9.17) is 0 Å². The molecule has 5 nitrogen and oxygen atoms in total. The summed E-state index contributed by atoms with van der Waals surface area (Å²) in [5.74, 6) is 0.211. The molecule has 1 N–H and O–H groups in total. The molecule has 0 saturated carbocycles. The zero-order valence-electron chi connectivity index (χ0n) is 13.2. The molecular weight excluding hydrogens is 331 g/mol. The zero-order valence-corrected chi connectivity index (χ0v) is 14.0. The van der Waals surface area contributed by atoms with Crippen LogP contribution in [0.4, 0.5) is 10.1 Å². The van der Waals surface area contributed by atoms with Crippen LogP contribution >= 0.6 is 11.8 Å². The second-order valence-corrected chi connectivity index (χ2v) is 7.54. The van der Waals surface area contributed by atoms with Crippen LogP contribution in [0, 0.1) is 5.82 Å². The van der Waals surface area contributed by atoms with Gasteiger partial charge in [-0.15, -0.1) is 0 Å². The van der Waals surface area contributed by atoms with Crippen LogP contribution in [0.1, 0.15) is 28.9 Å². The van der Waals surface area contributed by atoms with E-state index in [-0.39, 0.29) is 17.0 Å². The minimum Gasteiger partial charge on any atom is -0.477 e. The Morgan fingerprint density at radius 2 is 2.08 bits per heavy atom. The maximum Gasteiger partial charge on any atom is 0.341 e. The molecule has 0 bridgehead atoms. The topological polar surface area (TPSA) is 62.5 Å². The molecule has 0 radical (unpaired) electrons. The molecule has 7 heteroatoms. The fraction of sp³-hybridized carbons (Fsp3) is 0.412. The Labute approximate surface area is 142 Å². The number of benzene rings is 1. The smallest absolute Gasteiger partial charge is 0.341 e. The lowest BCUT2D eigenvalue weighted by Crippen LogP contribution is -2.34. The maximum absolute atomic E-state index is 14.9. The summed E-state index contributed by atoms with van der Waals surface area (Å²) in [4.78, 5) is 25.9. The van der Waals surface area contributed by atoms with E-state index in [9.17, 15) is 19.1 Å². The molecular formula is C17H17FN2O3S. The molecule has 4 rings (SSSR count). The van der Waals surface area contributed by atoms with Gasteiger partial charge in [0.2, 0.25) is 5.43 Å². The largest absolute Gasteiger partial charge is 0.477 e. The van der Waals surface area contributed by atoms with E-state index < -0.39 is 17.2 Å². The molecule has 1 saturated heterocycles. The molecule has 3 heterocycles. The van der Waals surface area contributed by atoms with Crippen molar-refractivity contribution in [3.05, 3.63) is 39.4 Å². The first-order valence-electron chi connectivity index (χ1n) is 7.95. The summed E-state index contributed by atoms with van der Waals surface area (Å²) in [6, 6.07) is 1.22. The number of carbonyl (C=O) groups is 1. The molecule has 2 aromatic rings. The highest BCUT2D eigenvalue weighted by Gasteiger charge is 2.31. The van der Waals surface area contributed by atoms with Crippen LogP contribution in [0.2, 0.25) is 0 Å². The summed E-state index contributed by atoms with van der Waals surface area (Å²) >= 11 is 1.85. The van der Waals surface area contributed by atoms with Gasteiger partial charge in [0.05, 0.1) is 11.2 Å². The van der Waals surface area contributed by atoms with Crippen molar-refractivity contribution < 1.29 is 14.3 Å². The van der Waals surface area contributed by atoms with Crippen LogP contribution in [0.15, 0.2) is 17.1 Å². The molecule has 1 aromatic carbocycles. The molecule has 2 aliphatic rings. The van der Waals surface area contributed by atoms with Gasteiger partial charge in [0.15, 0.2) is 0 Å². The lowest BCUT2D eigenvalue weighted by Gasteiger charge is -2.30. The molecule has 0 spiro atoms. The van der Waals surface area contributed by atoms with Crippen LogP contribution in [-0.2, 0) is 6.42 Å². The minimum absolute atomic E-state index is 0.000848. The van der Waals surface area contributed by atoms with Gasteiger partial charge >= 0.3 is 5.97 Å². The zero-order chi connectivity index (χ0) is 17.0. The normalized spacial score (nSPS) is 19.9. The molecule has 0 amide bonds. The highest BCUT2D eigenvalue weighted by molar-refractivity contribution is 7.99. The summed E-state index contributed by atoms with van der Waals surface area (Å²) < 4.78 is 16.7. The first kappa shape index (κ1) is 15.5. The Balaban J connectivity index is 2.03. The number of thioether (sulfide) groups is 1. The van der Waals surface area contributed by atoms with Crippen molar-refractivity contribution in [3.63, 3.8) is 0 Å². The van der Waals surface area contributed by atoms with E-state index in [1.54, 1.807) is 0 Å². The van der Waals surface area contributed by atoms with Gasteiger partial charge in [-0.2, -0.15) is 11.8 Å². The standard InChI is InChI=1S/C17H17FN2O3S/c1-9-6-10-14-11(16(21)12(17(22)23)8-20(9)14)7-13(18)15(10)19-2-4-24-5-3-19/h7-9H,2-6H2,1H3,(H,22,23). The summed E-state index contributed by atoms with van der Waals surface area (Å²) in [6.07, 6.45) is 2.01. The third kappa shape index (κ3) is 2.14. The van der Waals surface area contributed by atoms with Crippen molar-refractivity contribution in [1.82, 2.24) is 4.57 Å². The maximum atomic E-state index is 14.9. The Morgan fingerprint density at radius 1 is 1.38 bits per heavy atom. The highest BCUT2D eigenvalue weighted by Crippen LogP contribution is 2.40. The molecule has 24 heavy (non-hydrogen) atoms. The van der Waals surface area contributed by atoms with Gasteiger partial charge in [-0.25, -0.2) is 9.18 Å². The van der Waals surface area contributed by atoms with E-state index in [1.165, 1.54) is 12.3 Å².